The average molecular weight is 403 g/mol. The van der Waals surface area contributed by atoms with Gasteiger partial charge in [-0.15, -0.1) is 0 Å². The molecule has 0 saturated carbocycles. The molecule has 0 aromatic heterocycles. The smallest absolute Gasteiger partial charge is 0.261 e. The van der Waals surface area contributed by atoms with Gasteiger partial charge >= 0.3 is 0 Å². The number of alkyl halides is 1. The van der Waals surface area contributed by atoms with Gasteiger partial charge in [-0.05, 0) is 24.6 Å². The van der Waals surface area contributed by atoms with Crippen LogP contribution in [0, 0.1) is 0 Å². The summed E-state index contributed by atoms with van der Waals surface area (Å²) in [5, 5.41) is 2.52. The largest absolute Gasteiger partial charge is 0.378 e. The molecule has 0 atom stereocenters. The Morgan fingerprint density at radius 3 is 2.44 bits per heavy atom. The second kappa shape index (κ2) is 6.77. The Bertz CT molecular complexity index is 824. The van der Waals surface area contributed by atoms with Gasteiger partial charge in [0, 0.05) is 52.6 Å². The molecule has 2 heterocycles. The number of carbonyl (C=O) groups excluding carboxylic acids is 2. The van der Waals surface area contributed by atoms with E-state index in [0.717, 1.165) is 41.3 Å². The highest BCUT2D eigenvalue weighted by Gasteiger charge is 2.33. The topological polar surface area (TPSA) is 49.9 Å². The highest BCUT2D eigenvalue weighted by Crippen LogP contribution is 2.36. The van der Waals surface area contributed by atoms with Crippen molar-refractivity contribution >= 4 is 44.2 Å². The molecule has 0 bridgehead atoms. The fourth-order valence-corrected chi connectivity index (χ4v) is 3.88. The highest BCUT2D eigenvalue weighted by molar-refractivity contribution is 9.09. The number of ether oxygens (including phenoxy) is 1. The lowest BCUT2D eigenvalue weighted by molar-refractivity contribution is 0.0611. The number of halogens is 1. The molecule has 0 radical (unpaired) electrons. The molecule has 1 saturated heterocycles. The molecule has 0 N–H and O–H groups in total. The van der Waals surface area contributed by atoms with Crippen LogP contribution >= 0.6 is 15.9 Å². The number of nitrogens with zero attached hydrogens (tertiary/aromatic N) is 2. The van der Waals surface area contributed by atoms with Gasteiger partial charge in [-0.3, -0.25) is 14.5 Å². The molecule has 2 amide bonds. The molecular formula is C19H19BrN2O3. The maximum Gasteiger partial charge on any atom is 0.261 e. The molecule has 25 heavy (non-hydrogen) atoms. The van der Waals surface area contributed by atoms with Crippen molar-refractivity contribution < 1.29 is 14.3 Å². The van der Waals surface area contributed by atoms with Crippen LogP contribution < -0.4 is 4.90 Å². The van der Waals surface area contributed by atoms with E-state index >= 15 is 0 Å². The standard InChI is InChI=1S/C19H19BrN2O3/c20-7-2-8-22-18(23)14-4-1-3-13-16(21-9-11-25-12-10-21)6-5-15(17(13)14)19(22)24/h1,3-6H,2,7-12H2. The monoisotopic (exact) mass is 402 g/mol. The summed E-state index contributed by atoms with van der Waals surface area (Å²) in [4.78, 5) is 29.4. The number of benzene rings is 2. The first-order valence-electron chi connectivity index (χ1n) is 8.53. The molecule has 6 heteroatoms. The first-order valence-corrected chi connectivity index (χ1v) is 9.65. The quantitative estimate of drug-likeness (QED) is 0.582. The normalized spacial score (nSPS) is 17.5. The molecule has 2 aromatic carbocycles. The summed E-state index contributed by atoms with van der Waals surface area (Å²) >= 11 is 3.37. The van der Waals surface area contributed by atoms with Gasteiger partial charge in [0.1, 0.15) is 0 Å². The van der Waals surface area contributed by atoms with Crippen LogP contribution in [0.1, 0.15) is 27.1 Å². The van der Waals surface area contributed by atoms with E-state index in [4.69, 9.17) is 4.74 Å². The van der Waals surface area contributed by atoms with Crippen LogP contribution in [0.2, 0.25) is 0 Å². The summed E-state index contributed by atoms with van der Waals surface area (Å²) in [6, 6.07) is 9.60. The van der Waals surface area contributed by atoms with Crippen LogP contribution in [0.4, 0.5) is 5.69 Å². The Morgan fingerprint density at radius 2 is 1.72 bits per heavy atom. The minimum Gasteiger partial charge on any atom is -0.378 e. The van der Waals surface area contributed by atoms with E-state index in [1.54, 1.807) is 0 Å². The summed E-state index contributed by atoms with van der Waals surface area (Å²) in [5.74, 6) is -0.383. The summed E-state index contributed by atoms with van der Waals surface area (Å²) < 4.78 is 5.44. The number of hydrogen-bond acceptors (Lipinski definition) is 4. The van der Waals surface area contributed by atoms with Crippen molar-refractivity contribution in [2.45, 2.75) is 6.42 Å². The molecule has 0 spiro atoms. The molecular weight excluding hydrogens is 384 g/mol. The van der Waals surface area contributed by atoms with Gasteiger partial charge in [0.2, 0.25) is 0 Å². The van der Waals surface area contributed by atoms with E-state index < -0.39 is 0 Å². The first kappa shape index (κ1) is 16.5. The van der Waals surface area contributed by atoms with Crippen LogP contribution in [0.3, 0.4) is 0 Å². The van der Waals surface area contributed by atoms with Gasteiger partial charge in [0.15, 0.2) is 0 Å². The first-order chi connectivity index (χ1) is 12.2. The van der Waals surface area contributed by atoms with Gasteiger partial charge in [-0.2, -0.15) is 0 Å². The lowest BCUT2D eigenvalue weighted by atomic mass is 9.92. The molecule has 2 aliphatic heterocycles. The maximum atomic E-state index is 12.9. The van der Waals surface area contributed by atoms with Crippen LogP contribution in [0.5, 0.6) is 0 Å². The van der Waals surface area contributed by atoms with Crippen molar-refractivity contribution in [3.05, 3.63) is 41.5 Å². The summed E-state index contributed by atoms with van der Waals surface area (Å²) in [5.41, 5.74) is 2.31. The van der Waals surface area contributed by atoms with Gasteiger partial charge in [0.05, 0.1) is 13.2 Å². The van der Waals surface area contributed by atoms with Crippen molar-refractivity contribution in [2.24, 2.45) is 0 Å². The molecule has 130 valence electrons. The maximum absolute atomic E-state index is 12.9. The number of morpholine rings is 1. The lowest BCUT2D eigenvalue weighted by Crippen LogP contribution is -2.41. The number of amides is 2. The summed E-state index contributed by atoms with van der Waals surface area (Å²) in [6.45, 7) is 3.46. The third-order valence-corrected chi connectivity index (χ3v) is 5.40. The number of anilines is 1. The van der Waals surface area contributed by atoms with E-state index in [-0.39, 0.29) is 11.8 Å². The predicted molar refractivity (Wildman–Crippen MR) is 101 cm³/mol. The molecule has 4 rings (SSSR count). The van der Waals surface area contributed by atoms with Crippen molar-refractivity contribution in [2.75, 3.05) is 43.1 Å². The van der Waals surface area contributed by atoms with Gasteiger partial charge in [-0.25, -0.2) is 0 Å². The number of rotatable bonds is 4. The Labute approximate surface area is 154 Å². The third-order valence-electron chi connectivity index (χ3n) is 4.84. The molecule has 2 aliphatic rings. The summed E-state index contributed by atoms with van der Waals surface area (Å²) in [6.07, 6.45) is 0.745. The van der Waals surface area contributed by atoms with Crippen LogP contribution in [-0.4, -0.2) is 54.9 Å². The van der Waals surface area contributed by atoms with E-state index in [1.165, 1.54) is 4.90 Å². The zero-order valence-electron chi connectivity index (χ0n) is 13.8. The van der Waals surface area contributed by atoms with Crippen LogP contribution in [0.25, 0.3) is 10.8 Å². The van der Waals surface area contributed by atoms with Crippen molar-refractivity contribution in [1.29, 1.82) is 0 Å². The van der Waals surface area contributed by atoms with E-state index in [2.05, 4.69) is 20.8 Å². The Kier molecular flexibility index (Phi) is 4.48. The number of carbonyl (C=O) groups is 2. The van der Waals surface area contributed by atoms with Crippen molar-refractivity contribution in [3.8, 4) is 0 Å². The van der Waals surface area contributed by atoms with Gasteiger partial charge < -0.3 is 9.64 Å². The van der Waals surface area contributed by atoms with Crippen LogP contribution in [0.15, 0.2) is 30.3 Å². The van der Waals surface area contributed by atoms with E-state index in [1.807, 2.05) is 30.3 Å². The fraction of sp³-hybridized carbons (Fsp3) is 0.368. The van der Waals surface area contributed by atoms with Crippen molar-refractivity contribution in [1.82, 2.24) is 4.90 Å². The average Bonchev–Trinajstić information content (AvgIpc) is 2.66. The minimum atomic E-state index is -0.192. The molecule has 0 unspecified atom stereocenters. The molecule has 5 nitrogen and oxygen atoms in total. The Morgan fingerprint density at radius 1 is 1.00 bits per heavy atom. The Hall–Kier alpha value is -1.92. The summed E-state index contributed by atoms with van der Waals surface area (Å²) in [7, 11) is 0. The second-order valence-corrected chi connectivity index (χ2v) is 7.06. The number of imide groups is 1. The third kappa shape index (κ3) is 2.73. The SMILES string of the molecule is O=C1c2cccc3c(N4CCOCC4)ccc(c23)C(=O)N1CCCBr. The molecule has 2 aromatic rings. The fourth-order valence-electron chi connectivity index (χ4n) is 3.63. The highest BCUT2D eigenvalue weighted by atomic mass is 79.9. The van der Waals surface area contributed by atoms with Crippen molar-refractivity contribution in [3.63, 3.8) is 0 Å². The zero-order chi connectivity index (χ0) is 17.4. The van der Waals surface area contributed by atoms with Gasteiger partial charge in [0.25, 0.3) is 11.8 Å². The predicted octanol–water partition coefficient (Wildman–Crippen LogP) is 3.06. The van der Waals surface area contributed by atoms with E-state index in [9.17, 15) is 9.59 Å². The zero-order valence-corrected chi connectivity index (χ0v) is 15.4. The van der Waals surface area contributed by atoms with Crippen LogP contribution in [-0.2, 0) is 4.74 Å². The number of hydrogen-bond donors (Lipinski definition) is 0. The van der Waals surface area contributed by atoms with Gasteiger partial charge in [-0.1, -0.05) is 28.1 Å². The lowest BCUT2D eigenvalue weighted by Gasteiger charge is -2.32. The second-order valence-electron chi connectivity index (χ2n) is 6.26. The minimum absolute atomic E-state index is 0.192. The van der Waals surface area contributed by atoms with E-state index in [0.29, 0.717) is 30.9 Å². The molecule has 1 fully saturated rings. The Balaban J connectivity index is 1.85. The molecule has 0 aliphatic carbocycles.